The van der Waals surface area contributed by atoms with Gasteiger partial charge in [-0.05, 0) is 92.0 Å². The van der Waals surface area contributed by atoms with E-state index in [2.05, 4.69) is 28.1 Å². The summed E-state index contributed by atoms with van der Waals surface area (Å²) < 4.78 is 37.2. The van der Waals surface area contributed by atoms with Crippen molar-refractivity contribution in [3.63, 3.8) is 0 Å². The lowest BCUT2D eigenvalue weighted by molar-refractivity contribution is 0.0654. The van der Waals surface area contributed by atoms with Crippen LogP contribution < -0.4 is 5.73 Å². The lowest BCUT2D eigenvalue weighted by Gasteiger charge is -2.32. The second-order valence-corrected chi connectivity index (χ2v) is 10.5. The van der Waals surface area contributed by atoms with Crippen molar-refractivity contribution in [1.82, 2.24) is 19.6 Å². The van der Waals surface area contributed by atoms with Crippen LogP contribution in [0.25, 0.3) is 16.8 Å². The summed E-state index contributed by atoms with van der Waals surface area (Å²) in [6.07, 6.45) is 8.98. The molecule has 0 unspecified atom stereocenters. The van der Waals surface area contributed by atoms with Gasteiger partial charge in [-0.1, -0.05) is 6.92 Å². The van der Waals surface area contributed by atoms with Crippen molar-refractivity contribution in [2.75, 3.05) is 0 Å². The van der Waals surface area contributed by atoms with Crippen LogP contribution in [0.15, 0.2) is 48.9 Å². The molecule has 0 amide bonds. The van der Waals surface area contributed by atoms with Gasteiger partial charge in [0.05, 0.1) is 35.7 Å². The minimum absolute atomic E-state index is 0.0342. The van der Waals surface area contributed by atoms with E-state index in [1.807, 2.05) is 26.2 Å². The number of hydrogen-bond donors (Lipinski definition) is 1. The van der Waals surface area contributed by atoms with Crippen molar-refractivity contribution in [2.24, 2.45) is 11.7 Å². The molecule has 1 fully saturated rings. The summed E-state index contributed by atoms with van der Waals surface area (Å²) in [5.41, 5.74) is 9.88. The van der Waals surface area contributed by atoms with Crippen molar-refractivity contribution < 1.29 is 13.5 Å². The second-order valence-electron chi connectivity index (χ2n) is 10.5. The van der Waals surface area contributed by atoms with Crippen molar-refractivity contribution >= 4 is 5.52 Å². The van der Waals surface area contributed by atoms with Crippen LogP contribution in [0.5, 0.6) is 0 Å². The molecular formula is C29H33F2N5O. The third-order valence-corrected chi connectivity index (χ3v) is 7.10. The molecule has 37 heavy (non-hydrogen) atoms. The molecule has 2 N–H and O–H groups in total. The third kappa shape index (κ3) is 5.55. The molecule has 0 aliphatic heterocycles. The largest absolute Gasteiger partial charge is 0.374 e. The molecule has 3 atom stereocenters. The summed E-state index contributed by atoms with van der Waals surface area (Å²) in [6, 6.07) is 8.28. The number of rotatable bonds is 7. The first kappa shape index (κ1) is 25.4. The number of nitrogens with zero attached hydrogens (tertiary/aromatic N) is 4. The zero-order valence-electron chi connectivity index (χ0n) is 21.5. The number of halogens is 2. The average Bonchev–Trinajstić information content (AvgIpc) is 3.24. The van der Waals surface area contributed by atoms with Gasteiger partial charge in [0, 0.05) is 24.9 Å². The van der Waals surface area contributed by atoms with Crippen LogP contribution in [-0.4, -0.2) is 31.7 Å². The zero-order valence-corrected chi connectivity index (χ0v) is 21.5. The smallest absolute Gasteiger partial charge is 0.135 e. The summed E-state index contributed by atoms with van der Waals surface area (Å²) in [4.78, 5) is 8.95. The lowest BCUT2D eigenvalue weighted by Crippen LogP contribution is -2.31. The summed E-state index contributed by atoms with van der Waals surface area (Å²) in [6.45, 7) is 6.15. The van der Waals surface area contributed by atoms with E-state index in [1.165, 1.54) is 17.7 Å². The fourth-order valence-electron chi connectivity index (χ4n) is 5.47. The Labute approximate surface area is 215 Å². The molecule has 1 saturated carbocycles. The predicted molar refractivity (Wildman–Crippen MR) is 139 cm³/mol. The molecule has 0 spiro atoms. The Morgan fingerprint density at radius 3 is 2.59 bits per heavy atom. The minimum atomic E-state index is -0.673. The average molecular weight is 506 g/mol. The number of pyridine rings is 1. The van der Waals surface area contributed by atoms with E-state index in [1.54, 1.807) is 22.8 Å². The highest BCUT2D eigenvalue weighted by molar-refractivity contribution is 5.63. The standard InChI is InChI=1S/C29H33F2N5O/c1-17(2)37-16-19-10-25(30)29(26(31)11-19)27-5-4-23-15-34-28(36(23)35-27)13-21-14-33-7-6-24(21)20-8-18(3)9-22(32)12-20/h4-7,10-11,14-15,17-18,20,22H,8-9,12-13,16,32H2,1-3H3/t18-,20+,22-/m0/s1. The normalized spacial score (nSPS) is 20.1. The number of aromatic nitrogens is 4. The zero-order chi connectivity index (χ0) is 26.1. The minimum Gasteiger partial charge on any atom is -0.374 e. The molecule has 3 heterocycles. The van der Waals surface area contributed by atoms with Crippen LogP contribution in [0.3, 0.4) is 0 Å². The molecule has 8 heteroatoms. The third-order valence-electron chi connectivity index (χ3n) is 7.10. The van der Waals surface area contributed by atoms with Gasteiger partial charge in [0.15, 0.2) is 0 Å². The topological polar surface area (TPSA) is 78.3 Å². The number of nitrogens with two attached hydrogens (primary N) is 1. The Balaban J connectivity index is 1.46. The molecule has 0 saturated heterocycles. The Hall–Kier alpha value is -3.23. The van der Waals surface area contributed by atoms with Gasteiger partial charge in [-0.25, -0.2) is 18.3 Å². The van der Waals surface area contributed by atoms with E-state index >= 15 is 8.78 Å². The maximum absolute atomic E-state index is 15.0. The number of benzene rings is 1. The maximum Gasteiger partial charge on any atom is 0.135 e. The summed E-state index contributed by atoms with van der Waals surface area (Å²) >= 11 is 0. The first-order chi connectivity index (χ1) is 17.8. The fraction of sp³-hybridized carbons (Fsp3) is 0.414. The van der Waals surface area contributed by atoms with Gasteiger partial charge in [0.2, 0.25) is 0 Å². The van der Waals surface area contributed by atoms with Crippen molar-refractivity contribution in [3.05, 3.63) is 83.1 Å². The summed E-state index contributed by atoms with van der Waals surface area (Å²) in [5, 5.41) is 4.60. The Morgan fingerprint density at radius 1 is 1.08 bits per heavy atom. The Morgan fingerprint density at radius 2 is 1.86 bits per heavy atom. The predicted octanol–water partition coefficient (Wildman–Crippen LogP) is 5.82. The molecule has 1 aliphatic rings. The van der Waals surface area contributed by atoms with Crippen LogP contribution >= 0.6 is 0 Å². The number of fused-ring (bicyclic) bond motifs is 1. The lowest BCUT2D eigenvalue weighted by atomic mass is 9.75. The monoisotopic (exact) mass is 505 g/mol. The van der Waals surface area contributed by atoms with Crippen LogP contribution in [0.4, 0.5) is 8.78 Å². The SMILES string of the molecule is CC(C)OCc1cc(F)c(-c2ccc3cnc(Cc4cnccc4[C@@H]4C[C@H](C)C[C@H](N)C4)n3n2)c(F)c1. The van der Waals surface area contributed by atoms with Crippen molar-refractivity contribution in [3.8, 4) is 11.3 Å². The van der Waals surface area contributed by atoms with Gasteiger partial charge < -0.3 is 10.5 Å². The quantitative estimate of drug-likeness (QED) is 0.343. The van der Waals surface area contributed by atoms with Crippen LogP contribution in [0.1, 0.15) is 68.5 Å². The molecule has 0 radical (unpaired) electrons. The summed E-state index contributed by atoms with van der Waals surface area (Å²) in [7, 11) is 0. The Bertz CT molecular complexity index is 1370. The molecular weight excluding hydrogens is 472 g/mol. The molecule has 1 aromatic carbocycles. The van der Waals surface area contributed by atoms with Crippen LogP contribution in [-0.2, 0) is 17.8 Å². The van der Waals surface area contributed by atoms with E-state index in [0.29, 0.717) is 29.6 Å². The van der Waals surface area contributed by atoms with Gasteiger partial charge in [-0.3, -0.25) is 4.98 Å². The van der Waals surface area contributed by atoms with Crippen LogP contribution in [0.2, 0.25) is 0 Å². The van der Waals surface area contributed by atoms with Gasteiger partial charge in [-0.2, -0.15) is 5.10 Å². The Kier molecular flexibility index (Phi) is 7.31. The van der Waals surface area contributed by atoms with Gasteiger partial charge >= 0.3 is 0 Å². The molecule has 3 aromatic heterocycles. The molecule has 194 valence electrons. The summed E-state index contributed by atoms with van der Waals surface area (Å²) in [5.74, 6) is 0.274. The highest BCUT2D eigenvalue weighted by Crippen LogP contribution is 2.37. The highest BCUT2D eigenvalue weighted by atomic mass is 19.1. The highest BCUT2D eigenvalue weighted by Gasteiger charge is 2.27. The van der Waals surface area contributed by atoms with Gasteiger partial charge in [0.1, 0.15) is 17.5 Å². The fourth-order valence-corrected chi connectivity index (χ4v) is 5.47. The van der Waals surface area contributed by atoms with Crippen molar-refractivity contribution in [2.45, 2.75) is 71.1 Å². The molecule has 5 rings (SSSR count). The second kappa shape index (κ2) is 10.6. The molecule has 4 aromatic rings. The first-order valence-electron chi connectivity index (χ1n) is 12.9. The number of imidazole rings is 1. The van der Waals surface area contributed by atoms with E-state index in [9.17, 15) is 0 Å². The van der Waals surface area contributed by atoms with Gasteiger partial charge in [-0.15, -0.1) is 0 Å². The molecule has 0 bridgehead atoms. The maximum atomic E-state index is 15.0. The number of hydrogen-bond acceptors (Lipinski definition) is 5. The van der Waals surface area contributed by atoms with E-state index in [4.69, 9.17) is 10.5 Å². The molecule has 6 nitrogen and oxygen atoms in total. The van der Waals surface area contributed by atoms with E-state index in [0.717, 1.165) is 30.3 Å². The van der Waals surface area contributed by atoms with Gasteiger partial charge in [0.25, 0.3) is 0 Å². The van der Waals surface area contributed by atoms with Crippen LogP contribution in [0, 0.1) is 17.6 Å². The number of ether oxygens (including phenoxy) is 1. The molecule has 1 aliphatic carbocycles. The first-order valence-corrected chi connectivity index (χ1v) is 12.9. The van der Waals surface area contributed by atoms with Crippen molar-refractivity contribution in [1.29, 1.82) is 0 Å². The van der Waals surface area contributed by atoms with E-state index < -0.39 is 11.6 Å². The van der Waals surface area contributed by atoms with E-state index in [-0.39, 0.29) is 30.0 Å².